The number of carbonyl (C=O) groups is 1. The Bertz CT molecular complexity index is 892. The minimum Gasteiger partial charge on any atom is -0.497 e. The summed E-state index contributed by atoms with van der Waals surface area (Å²) in [6.07, 6.45) is 5.53. The van der Waals surface area contributed by atoms with Gasteiger partial charge in [0, 0.05) is 36.6 Å². The first-order valence-electron chi connectivity index (χ1n) is 10.9. The molecule has 1 aliphatic heterocycles. The van der Waals surface area contributed by atoms with E-state index in [9.17, 15) is 4.79 Å². The molecule has 1 fully saturated rings. The van der Waals surface area contributed by atoms with Gasteiger partial charge in [0.2, 0.25) is 5.91 Å². The Hall–Kier alpha value is -2.04. The molecule has 0 bridgehead atoms. The maximum absolute atomic E-state index is 12.9. The van der Waals surface area contributed by atoms with Crippen molar-refractivity contribution in [3.05, 3.63) is 64.2 Å². The summed E-state index contributed by atoms with van der Waals surface area (Å²) in [5, 5.41) is 3.98. The summed E-state index contributed by atoms with van der Waals surface area (Å²) < 4.78 is 11.0. The molecular weight excluding hydrogens is 398 g/mol. The second-order valence-corrected chi connectivity index (χ2v) is 8.97. The Balaban J connectivity index is 1.44. The van der Waals surface area contributed by atoms with E-state index in [0.29, 0.717) is 26.2 Å². The smallest absolute Gasteiger partial charge is 0.220 e. The molecule has 0 aromatic heterocycles. The van der Waals surface area contributed by atoms with Gasteiger partial charge in [0.05, 0.1) is 7.11 Å². The molecule has 1 heterocycles. The Morgan fingerprint density at radius 2 is 2.07 bits per heavy atom. The van der Waals surface area contributed by atoms with Crippen molar-refractivity contribution in [3.63, 3.8) is 0 Å². The van der Waals surface area contributed by atoms with Crippen molar-refractivity contribution < 1.29 is 14.3 Å². The highest BCUT2D eigenvalue weighted by atomic mass is 35.5. The van der Waals surface area contributed by atoms with Crippen molar-refractivity contribution in [1.82, 2.24) is 5.32 Å². The number of halogens is 1. The molecule has 160 valence electrons. The molecule has 0 spiro atoms. The standard InChI is InChI=1S/C25H30ClNO3/c1-29-22-8-9-23-18(14-22)4-2-5-19(23)15-24(28)27-17-25(10-12-30-13-11-25)20-6-3-7-21(26)16-20/h3,6-9,14,16,19H,2,4-5,10-13,15,17H2,1H3,(H,27,28). The molecule has 4 rings (SSSR count). The fourth-order valence-electron chi connectivity index (χ4n) is 4.94. The van der Waals surface area contributed by atoms with Gasteiger partial charge in [0.25, 0.3) is 0 Å². The van der Waals surface area contributed by atoms with Crippen molar-refractivity contribution in [2.24, 2.45) is 0 Å². The lowest BCUT2D eigenvalue weighted by Gasteiger charge is -2.38. The molecule has 1 amide bonds. The lowest BCUT2D eigenvalue weighted by molar-refractivity contribution is -0.122. The maximum Gasteiger partial charge on any atom is 0.220 e. The predicted octanol–water partition coefficient (Wildman–Crippen LogP) is 5.02. The van der Waals surface area contributed by atoms with Gasteiger partial charge in [-0.15, -0.1) is 0 Å². The topological polar surface area (TPSA) is 47.6 Å². The first kappa shape index (κ1) is 21.2. The average molecular weight is 428 g/mol. The first-order valence-corrected chi connectivity index (χ1v) is 11.2. The maximum atomic E-state index is 12.9. The van der Waals surface area contributed by atoms with E-state index in [1.54, 1.807) is 7.11 Å². The number of amides is 1. The summed E-state index contributed by atoms with van der Waals surface area (Å²) in [5.41, 5.74) is 3.69. The minimum atomic E-state index is -0.114. The minimum absolute atomic E-state index is 0.114. The highest BCUT2D eigenvalue weighted by Crippen LogP contribution is 2.37. The van der Waals surface area contributed by atoms with Crippen LogP contribution in [-0.2, 0) is 21.4 Å². The SMILES string of the molecule is COc1ccc2c(c1)CCCC2CC(=O)NCC1(c2cccc(Cl)c2)CCOCC1. The third-order valence-electron chi connectivity index (χ3n) is 6.73. The van der Waals surface area contributed by atoms with Crippen LogP contribution >= 0.6 is 11.6 Å². The van der Waals surface area contributed by atoms with Crippen molar-refractivity contribution in [3.8, 4) is 5.75 Å². The van der Waals surface area contributed by atoms with Gasteiger partial charge >= 0.3 is 0 Å². The molecule has 2 aromatic carbocycles. The molecule has 4 nitrogen and oxygen atoms in total. The quantitative estimate of drug-likeness (QED) is 0.703. The first-order chi connectivity index (χ1) is 14.6. The molecule has 0 saturated carbocycles. The molecule has 1 saturated heterocycles. The third-order valence-corrected chi connectivity index (χ3v) is 6.97. The van der Waals surface area contributed by atoms with E-state index in [1.807, 2.05) is 24.3 Å². The normalized spacial score (nSPS) is 20.3. The van der Waals surface area contributed by atoms with Crippen LogP contribution in [0.4, 0.5) is 0 Å². The predicted molar refractivity (Wildman–Crippen MR) is 119 cm³/mol. The van der Waals surface area contributed by atoms with Gasteiger partial charge < -0.3 is 14.8 Å². The van der Waals surface area contributed by atoms with Gasteiger partial charge in [-0.05, 0) is 79.0 Å². The number of benzene rings is 2. The van der Waals surface area contributed by atoms with E-state index >= 15 is 0 Å². The number of carbonyl (C=O) groups excluding carboxylic acids is 1. The van der Waals surface area contributed by atoms with Crippen molar-refractivity contribution in [2.45, 2.75) is 49.9 Å². The molecule has 1 N–H and O–H groups in total. The van der Waals surface area contributed by atoms with Gasteiger partial charge in [-0.3, -0.25) is 4.79 Å². The van der Waals surface area contributed by atoms with Crippen LogP contribution in [0.1, 0.15) is 54.7 Å². The number of methoxy groups -OCH3 is 1. The van der Waals surface area contributed by atoms with Crippen LogP contribution in [-0.4, -0.2) is 32.8 Å². The Morgan fingerprint density at radius 1 is 1.23 bits per heavy atom. The molecule has 1 aliphatic carbocycles. The van der Waals surface area contributed by atoms with Crippen molar-refractivity contribution >= 4 is 17.5 Å². The number of nitrogens with one attached hydrogen (secondary N) is 1. The van der Waals surface area contributed by atoms with E-state index < -0.39 is 0 Å². The Labute approximate surface area is 183 Å². The Morgan fingerprint density at radius 3 is 2.83 bits per heavy atom. The van der Waals surface area contributed by atoms with Crippen molar-refractivity contribution in [1.29, 1.82) is 0 Å². The van der Waals surface area contributed by atoms with Crippen LogP contribution in [0.5, 0.6) is 5.75 Å². The van der Waals surface area contributed by atoms with Crippen molar-refractivity contribution in [2.75, 3.05) is 26.9 Å². The van der Waals surface area contributed by atoms with Crippen LogP contribution < -0.4 is 10.1 Å². The lowest BCUT2D eigenvalue weighted by atomic mass is 9.74. The fraction of sp³-hybridized carbons (Fsp3) is 0.480. The number of ether oxygens (including phenoxy) is 2. The lowest BCUT2D eigenvalue weighted by Crippen LogP contribution is -2.44. The largest absolute Gasteiger partial charge is 0.497 e. The number of hydrogen-bond donors (Lipinski definition) is 1. The highest BCUT2D eigenvalue weighted by molar-refractivity contribution is 6.30. The van der Waals surface area contributed by atoms with Crippen LogP contribution in [0.2, 0.25) is 5.02 Å². The summed E-state index contributed by atoms with van der Waals surface area (Å²) >= 11 is 6.26. The zero-order valence-electron chi connectivity index (χ0n) is 17.6. The van der Waals surface area contributed by atoms with Gasteiger partial charge in [-0.25, -0.2) is 0 Å². The Kier molecular flexibility index (Phi) is 6.64. The number of rotatable bonds is 6. The van der Waals surface area contributed by atoms with Gasteiger partial charge in [0.15, 0.2) is 0 Å². The van der Waals surface area contributed by atoms with Gasteiger partial charge in [0.1, 0.15) is 5.75 Å². The van der Waals surface area contributed by atoms with Gasteiger partial charge in [-0.2, -0.15) is 0 Å². The molecule has 5 heteroatoms. The summed E-state index contributed by atoms with van der Waals surface area (Å²) in [4.78, 5) is 12.9. The summed E-state index contributed by atoms with van der Waals surface area (Å²) in [6, 6.07) is 14.3. The number of aryl methyl sites for hydroxylation is 1. The third kappa shape index (κ3) is 4.65. The molecule has 1 atom stereocenters. The second-order valence-electron chi connectivity index (χ2n) is 8.54. The zero-order valence-corrected chi connectivity index (χ0v) is 18.3. The molecule has 0 radical (unpaired) electrons. The van der Waals surface area contributed by atoms with Crippen LogP contribution in [0, 0.1) is 0 Å². The second kappa shape index (κ2) is 9.40. The molecule has 30 heavy (non-hydrogen) atoms. The summed E-state index contributed by atoms with van der Waals surface area (Å²) in [5.74, 6) is 1.29. The van der Waals surface area contributed by atoms with E-state index in [1.165, 1.54) is 16.7 Å². The number of hydrogen-bond acceptors (Lipinski definition) is 3. The molecule has 2 aliphatic rings. The summed E-state index contributed by atoms with van der Waals surface area (Å²) in [6.45, 7) is 2.04. The van der Waals surface area contributed by atoms with Gasteiger partial charge in [-0.1, -0.05) is 29.8 Å². The van der Waals surface area contributed by atoms with E-state index in [0.717, 1.165) is 42.9 Å². The molecule has 1 unspecified atom stereocenters. The van der Waals surface area contributed by atoms with Crippen LogP contribution in [0.15, 0.2) is 42.5 Å². The highest BCUT2D eigenvalue weighted by Gasteiger charge is 2.35. The zero-order chi connectivity index (χ0) is 21.0. The van der Waals surface area contributed by atoms with Crippen LogP contribution in [0.3, 0.4) is 0 Å². The molecular formula is C25H30ClNO3. The fourth-order valence-corrected chi connectivity index (χ4v) is 5.13. The van der Waals surface area contributed by atoms with E-state index in [2.05, 4.69) is 23.5 Å². The van der Waals surface area contributed by atoms with E-state index in [-0.39, 0.29) is 17.2 Å². The van der Waals surface area contributed by atoms with Crippen LogP contribution in [0.25, 0.3) is 0 Å². The van der Waals surface area contributed by atoms with E-state index in [4.69, 9.17) is 21.1 Å². The molecule has 2 aromatic rings. The number of fused-ring (bicyclic) bond motifs is 1. The monoisotopic (exact) mass is 427 g/mol. The summed E-state index contributed by atoms with van der Waals surface area (Å²) in [7, 11) is 1.70. The average Bonchev–Trinajstić information content (AvgIpc) is 2.78.